The fraction of sp³-hybridized carbons (Fsp3) is 0.286. The van der Waals surface area contributed by atoms with E-state index >= 15 is 0 Å². The summed E-state index contributed by atoms with van der Waals surface area (Å²) in [5.41, 5.74) is 2.88. The first kappa shape index (κ1) is 20.6. The lowest BCUT2D eigenvalue weighted by Crippen LogP contribution is -2.49. The van der Waals surface area contributed by atoms with Gasteiger partial charge in [0, 0.05) is 45.3 Å². The van der Waals surface area contributed by atoms with Gasteiger partial charge in [-0.05, 0) is 35.9 Å². The Morgan fingerprint density at radius 2 is 1.76 bits per heavy atom. The first-order valence-electron chi connectivity index (χ1n) is 9.29. The number of hydrogen-bond acceptors (Lipinski definition) is 4. The normalized spacial score (nSPS) is 14.2. The lowest BCUT2D eigenvalue weighted by Gasteiger charge is -2.34. The van der Waals surface area contributed by atoms with Crippen LogP contribution in [-0.4, -0.2) is 47.9 Å². The Balaban J connectivity index is 1.50. The number of rotatable bonds is 4. The summed E-state index contributed by atoms with van der Waals surface area (Å²) in [6.45, 7) is 4.97. The van der Waals surface area contributed by atoms with Crippen LogP contribution in [0.15, 0.2) is 42.5 Å². The van der Waals surface area contributed by atoms with Crippen molar-refractivity contribution < 1.29 is 9.59 Å². The number of nitrogens with zero attached hydrogens (tertiary/aromatic N) is 3. The zero-order valence-corrected chi connectivity index (χ0v) is 16.9. The lowest BCUT2D eigenvalue weighted by molar-refractivity contribution is -0.114. The van der Waals surface area contributed by atoms with E-state index in [0.29, 0.717) is 35.1 Å². The maximum Gasteiger partial charge on any atom is 0.321 e. The van der Waals surface area contributed by atoms with E-state index in [4.69, 9.17) is 16.9 Å². The number of anilines is 2. The van der Waals surface area contributed by atoms with Crippen molar-refractivity contribution in [2.45, 2.75) is 13.5 Å². The van der Waals surface area contributed by atoms with Gasteiger partial charge in [-0.1, -0.05) is 23.7 Å². The molecule has 0 unspecified atom stereocenters. The monoisotopic (exact) mass is 411 g/mol. The van der Waals surface area contributed by atoms with Crippen LogP contribution in [0.1, 0.15) is 18.1 Å². The van der Waals surface area contributed by atoms with Gasteiger partial charge in [-0.25, -0.2) is 4.79 Å². The van der Waals surface area contributed by atoms with Crippen LogP contribution >= 0.6 is 11.6 Å². The summed E-state index contributed by atoms with van der Waals surface area (Å²) >= 11 is 6.22. The largest absolute Gasteiger partial charge is 0.326 e. The molecule has 0 bridgehead atoms. The minimum absolute atomic E-state index is 0.184. The molecule has 0 radical (unpaired) electrons. The van der Waals surface area contributed by atoms with Gasteiger partial charge < -0.3 is 15.5 Å². The minimum Gasteiger partial charge on any atom is -0.326 e. The van der Waals surface area contributed by atoms with Gasteiger partial charge in [-0.15, -0.1) is 0 Å². The van der Waals surface area contributed by atoms with Crippen molar-refractivity contribution in [1.29, 1.82) is 5.26 Å². The van der Waals surface area contributed by atoms with Crippen molar-refractivity contribution in [3.63, 3.8) is 0 Å². The highest BCUT2D eigenvalue weighted by molar-refractivity contribution is 6.34. The predicted molar refractivity (Wildman–Crippen MR) is 113 cm³/mol. The standard InChI is InChI=1S/C21H22ClN5O2/c1-15(28)24-18-6-7-20(19(22)12-18)25-21(29)27-10-8-26(9-11-27)14-17-4-2-16(13-23)3-5-17/h2-7,12H,8-11,14H2,1H3,(H,24,28)(H,25,29). The van der Waals surface area contributed by atoms with E-state index in [1.807, 2.05) is 24.3 Å². The van der Waals surface area contributed by atoms with E-state index in [-0.39, 0.29) is 11.9 Å². The van der Waals surface area contributed by atoms with Gasteiger partial charge in [0.1, 0.15) is 0 Å². The molecular formula is C21H22ClN5O2. The molecule has 7 nitrogen and oxygen atoms in total. The van der Waals surface area contributed by atoms with Gasteiger partial charge in [0.2, 0.25) is 5.91 Å². The molecule has 2 aromatic carbocycles. The zero-order valence-electron chi connectivity index (χ0n) is 16.1. The van der Waals surface area contributed by atoms with Crippen LogP contribution in [0, 0.1) is 11.3 Å². The van der Waals surface area contributed by atoms with E-state index < -0.39 is 0 Å². The molecule has 0 spiro atoms. The van der Waals surface area contributed by atoms with Crippen LogP contribution in [-0.2, 0) is 11.3 Å². The molecule has 1 saturated heterocycles. The number of carbonyl (C=O) groups excluding carboxylic acids is 2. The fourth-order valence-corrected chi connectivity index (χ4v) is 3.37. The summed E-state index contributed by atoms with van der Waals surface area (Å²) in [4.78, 5) is 27.7. The van der Waals surface area contributed by atoms with Crippen molar-refractivity contribution in [1.82, 2.24) is 9.80 Å². The molecule has 1 heterocycles. The van der Waals surface area contributed by atoms with E-state index in [2.05, 4.69) is 21.6 Å². The highest BCUT2D eigenvalue weighted by Crippen LogP contribution is 2.26. The molecule has 150 valence electrons. The zero-order chi connectivity index (χ0) is 20.8. The molecular weight excluding hydrogens is 390 g/mol. The van der Waals surface area contributed by atoms with E-state index in [1.165, 1.54) is 6.92 Å². The average Bonchev–Trinajstić information content (AvgIpc) is 2.70. The van der Waals surface area contributed by atoms with Gasteiger partial charge in [0.05, 0.1) is 22.3 Å². The molecule has 1 aliphatic rings. The van der Waals surface area contributed by atoms with Gasteiger partial charge in [0.15, 0.2) is 0 Å². The summed E-state index contributed by atoms with van der Waals surface area (Å²) in [7, 11) is 0. The summed E-state index contributed by atoms with van der Waals surface area (Å²) in [5, 5.41) is 14.7. The first-order chi connectivity index (χ1) is 13.9. The van der Waals surface area contributed by atoms with Crippen LogP contribution in [0.3, 0.4) is 0 Å². The third-order valence-corrected chi connectivity index (χ3v) is 4.99. The number of nitriles is 1. The molecule has 0 aromatic heterocycles. The van der Waals surface area contributed by atoms with E-state index in [1.54, 1.807) is 23.1 Å². The molecule has 2 aromatic rings. The van der Waals surface area contributed by atoms with Gasteiger partial charge >= 0.3 is 6.03 Å². The number of benzene rings is 2. The Hall–Kier alpha value is -3.08. The van der Waals surface area contributed by atoms with Gasteiger partial charge in [-0.3, -0.25) is 9.69 Å². The summed E-state index contributed by atoms with van der Waals surface area (Å²) < 4.78 is 0. The van der Waals surface area contributed by atoms with Crippen molar-refractivity contribution in [3.05, 3.63) is 58.6 Å². The van der Waals surface area contributed by atoms with Gasteiger partial charge in [0.25, 0.3) is 0 Å². The molecule has 0 aliphatic carbocycles. The highest BCUT2D eigenvalue weighted by atomic mass is 35.5. The van der Waals surface area contributed by atoms with Crippen LogP contribution in [0.2, 0.25) is 5.02 Å². The molecule has 3 amide bonds. The Bertz CT molecular complexity index is 931. The number of nitrogens with one attached hydrogen (secondary N) is 2. The number of amides is 3. The predicted octanol–water partition coefficient (Wildman–Crippen LogP) is 3.52. The lowest BCUT2D eigenvalue weighted by atomic mass is 10.1. The fourth-order valence-electron chi connectivity index (χ4n) is 3.14. The van der Waals surface area contributed by atoms with Gasteiger partial charge in [-0.2, -0.15) is 5.26 Å². The minimum atomic E-state index is -0.197. The van der Waals surface area contributed by atoms with Crippen molar-refractivity contribution in [2.24, 2.45) is 0 Å². The first-order valence-corrected chi connectivity index (χ1v) is 9.67. The van der Waals surface area contributed by atoms with Crippen molar-refractivity contribution >= 4 is 34.9 Å². The Morgan fingerprint density at radius 3 is 2.34 bits per heavy atom. The number of carbonyl (C=O) groups is 2. The molecule has 1 fully saturated rings. The average molecular weight is 412 g/mol. The highest BCUT2D eigenvalue weighted by Gasteiger charge is 2.21. The summed E-state index contributed by atoms with van der Waals surface area (Å²) in [6.07, 6.45) is 0. The summed E-state index contributed by atoms with van der Waals surface area (Å²) in [6, 6.07) is 14.5. The maximum atomic E-state index is 12.6. The third-order valence-electron chi connectivity index (χ3n) is 4.68. The second-order valence-electron chi connectivity index (χ2n) is 6.88. The Kier molecular flexibility index (Phi) is 6.70. The quantitative estimate of drug-likeness (QED) is 0.805. The Morgan fingerprint density at radius 1 is 1.07 bits per heavy atom. The van der Waals surface area contributed by atoms with Crippen molar-refractivity contribution in [3.8, 4) is 6.07 Å². The number of piperazine rings is 1. The topological polar surface area (TPSA) is 88.5 Å². The van der Waals surface area contributed by atoms with Crippen LogP contribution in [0.25, 0.3) is 0 Å². The third kappa shape index (κ3) is 5.70. The van der Waals surface area contributed by atoms with E-state index in [9.17, 15) is 9.59 Å². The molecule has 3 rings (SSSR count). The molecule has 1 aliphatic heterocycles. The number of hydrogen-bond donors (Lipinski definition) is 2. The SMILES string of the molecule is CC(=O)Nc1ccc(NC(=O)N2CCN(Cc3ccc(C#N)cc3)CC2)c(Cl)c1. The molecule has 0 atom stereocenters. The van der Waals surface area contributed by atoms with Crippen LogP contribution in [0.4, 0.5) is 16.2 Å². The summed E-state index contributed by atoms with van der Waals surface area (Å²) in [5.74, 6) is -0.184. The number of halogens is 1. The molecule has 2 N–H and O–H groups in total. The molecule has 29 heavy (non-hydrogen) atoms. The van der Waals surface area contributed by atoms with Crippen LogP contribution in [0.5, 0.6) is 0 Å². The number of urea groups is 1. The van der Waals surface area contributed by atoms with Crippen LogP contribution < -0.4 is 10.6 Å². The molecule has 8 heteroatoms. The van der Waals surface area contributed by atoms with E-state index in [0.717, 1.165) is 25.2 Å². The second-order valence-corrected chi connectivity index (χ2v) is 7.29. The Labute approximate surface area is 174 Å². The van der Waals surface area contributed by atoms with Crippen molar-refractivity contribution in [2.75, 3.05) is 36.8 Å². The molecule has 0 saturated carbocycles. The smallest absolute Gasteiger partial charge is 0.321 e. The maximum absolute atomic E-state index is 12.6. The second kappa shape index (κ2) is 9.41.